The van der Waals surface area contributed by atoms with Crippen molar-refractivity contribution >= 4 is 104 Å². The van der Waals surface area contributed by atoms with E-state index < -0.39 is 65.4 Å². The number of morpholine rings is 1. The van der Waals surface area contributed by atoms with Crippen LogP contribution < -0.4 is 30.7 Å². The lowest BCUT2D eigenvalue weighted by Gasteiger charge is -2.29. The van der Waals surface area contributed by atoms with Crippen LogP contribution in [0.15, 0.2) is 109 Å². The van der Waals surface area contributed by atoms with Gasteiger partial charge in [0.1, 0.15) is 17.1 Å². The first kappa shape index (κ1) is 76.5. The Labute approximate surface area is 536 Å². The lowest BCUT2D eigenvalue weighted by molar-refractivity contribution is -0.385. The second-order valence-corrected chi connectivity index (χ2v) is 19.7. The maximum Gasteiger partial charge on any atom is 0.338 e. The topological polar surface area (TPSA) is 543 Å². The predicted octanol–water partition coefficient (Wildman–Crippen LogP) is 9.12. The van der Waals surface area contributed by atoms with Crippen molar-refractivity contribution in [2.75, 3.05) is 104 Å². The molecule has 2 heterocycles. The molecule has 8 rings (SSSR count). The van der Waals surface area contributed by atoms with Gasteiger partial charge in [-0.3, -0.25) is 60.7 Å². The number of piperidine rings is 1. The Kier molecular flexibility index (Phi) is 29.2. The Morgan fingerprint density at radius 2 is 0.832 bits per heavy atom. The third kappa shape index (κ3) is 22.3. The number of hydrogen-bond donors (Lipinski definition) is 8. The minimum atomic E-state index is -1.22. The second-order valence-electron chi connectivity index (χ2n) is 19.7. The fourth-order valence-electron chi connectivity index (χ4n) is 8.80. The number of ether oxygens (including phenoxy) is 1. The number of nitrogen functional groups attached to an aromatic ring is 1. The molecule has 506 valence electrons. The highest BCUT2D eigenvalue weighted by molar-refractivity contribution is 5.97. The molecule has 9 N–H and O–H groups in total. The summed E-state index contributed by atoms with van der Waals surface area (Å²) in [7, 11) is 4.88. The largest absolute Gasteiger partial charge is 0.478 e. The molecular formula is C58H64N12O25. The van der Waals surface area contributed by atoms with Crippen LogP contribution in [0, 0.1) is 60.7 Å². The van der Waals surface area contributed by atoms with Gasteiger partial charge in [-0.1, -0.05) is 0 Å². The van der Waals surface area contributed by atoms with Gasteiger partial charge in [0.05, 0.1) is 93.2 Å². The highest BCUT2D eigenvalue weighted by Gasteiger charge is 2.25. The van der Waals surface area contributed by atoms with E-state index in [1.165, 1.54) is 79.8 Å². The Balaban J connectivity index is 0.000000298. The van der Waals surface area contributed by atoms with E-state index in [0.717, 1.165) is 68.8 Å². The number of nitrogens with one attached hydrogen (secondary N) is 1. The highest BCUT2D eigenvalue weighted by Crippen LogP contribution is 2.32. The third-order valence-electron chi connectivity index (χ3n) is 13.5. The molecule has 2 saturated heterocycles. The van der Waals surface area contributed by atoms with Crippen molar-refractivity contribution in [3.8, 4) is 0 Å². The molecule has 0 spiro atoms. The smallest absolute Gasteiger partial charge is 0.338 e. The van der Waals surface area contributed by atoms with Crippen molar-refractivity contribution in [2.45, 2.75) is 33.1 Å². The number of aromatic carboxylic acids is 6. The average Bonchev–Trinajstić information content (AvgIpc) is 0.907. The third-order valence-corrected chi connectivity index (χ3v) is 13.5. The van der Waals surface area contributed by atoms with Crippen molar-refractivity contribution in [2.24, 2.45) is 0 Å². The molecule has 0 unspecified atom stereocenters. The number of carbonyl (C=O) groups is 6. The van der Waals surface area contributed by atoms with Gasteiger partial charge in [0, 0.05) is 115 Å². The van der Waals surface area contributed by atoms with Crippen LogP contribution >= 0.6 is 0 Å². The summed E-state index contributed by atoms with van der Waals surface area (Å²) in [5, 5.41) is 119. The maximum atomic E-state index is 11.2. The summed E-state index contributed by atoms with van der Waals surface area (Å²) < 4.78 is 5.19. The summed E-state index contributed by atoms with van der Waals surface area (Å²) in [5.41, 5.74) is 5.58. The molecule has 37 nitrogen and oxygen atoms in total. The molecule has 6 aromatic rings. The minimum Gasteiger partial charge on any atom is -0.478 e. The Bertz CT molecular complexity index is 3760. The van der Waals surface area contributed by atoms with E-state index in [4.69, 9.17) is 41.1 Å². The van der Waals surface area contributed by atoms with Gasteiger partial charge in [-0.25, -0.2) is 28.8 Å². The summed E-state index contributed by atoms with van der Waals surface area (Å²) in [4.78, 5) is 132. The standard InChI is InChI=1S/C12H14N2O4.C11H12N2O5.C11H14N2O4.C9H10N2O4.C8H8N2O4.C7H6N2O4/c15-12(16)10-8-9(14(17)18)4-5-11(10)13-6-2-1-3-7-13;14-11(15)9-7-8(13(16)17)1-2-10(9)12-3-5-18-6-4-12;1-3-12(4-2)9-6-5-8(11(14)15)7-10(9)13(16)17;1-10(2)8-4-3-6(11(14)15)5-7(8)9(12)13;1-9-6-3-2-5(8(11)12)4-7(6)10(13)14;8-5-2-1-4(7(10)11)3-6(5)9(12)13/h4-5,8H,1-3,6-7H2,(H,15,16);1-2,7H,3-6H2,(H,14,15);5-7H,3-4H2,1-2H3,(H,14,15);3-5H,1-2H3,(H,12,13);2-4,9H,1H3,(H,11,12);1-3H,8H2,(H,10,11). The van der Waals surface area contributed by atoms with E-state index >= 15 is 0 Å². The molecule has 2 aliphatic heterocycles. The van der Waals surface area contributed by atoms with Gasteiger partial charge < -0.3 is 66.0 Å². The van der Waals surface area contributed by atoms with E-state index in [1.54, 1.807) is 19.0 Å². The van der Waals surface area contributed by atoms with Crippen molar-refractivity contribution in [1.82, 2.24) is 0 Å². The number of rotatable bonds is 19. The van der Waals surface area contributed by atoms with Gasteiger partial charge in [0.2, 0.25) is 0 Å². The molecule has 0 radical (unpaired) electrons. The van der Waals surface area contributed by atoms with Crippen molar-refractivity contribution < 1.29 is 93.7 Å². The zero-order valence-corrected chi connectivity index (χ0v) is 51.2. The summed E-state index contributed by atoms with van der Waals surface area (Å²) in [6.45, 7) is 8.85. The van der Waals surface area contributed by atoms with E-state index in [-0.39, 0.29) is 73.2 Å². The average molecular weight is 1330 g/mol. The summed E-state index contributed by atoms with van der Waals surface area (Å²) >= 11 is 0. The van der Waals surface area contributed by atoms with Gasteiger partial charge in [-0.15, -0.1) is 0 Å². The first-order valence-corrected chi connectivity index (χ1v) is 27.7. The van der Waals surface area contributed by atoms with Crippen LogP contribution in [-0.2, 0) is 4.74 Å². The van der Waals surface area contributed by atoms with Crippen LogP contribution in [-0.4, -0.2) is 170 Å². The number of hydrogen-bond acceptors (Lipinski definition) is 25. The number of carboxylic acid groups (broad SMARTS) is 6. The number of nitrogens with two attached hydrogens (primary N) is 1. The van der Waals surface area contributed by atoms with Crippen molar-refractivity contribution in [3.63, 3.8) is 0 Å². The summed E-state index contributed by atoms with van der Waals surface area (Å²) in [6, 6.07) is 22.6. The van der Waals surface area contributed by atoms with Crippen molar-refractivity contribution in [3.05, 3.63) is 203 Å². The van der Waals surface area contributed by atoms with Crippen LogP contribution in [0.4, 0.5) is 68.2 Å². The first-order chi connectivity index (χ1) is 44.7. The number of anilines is 6. The normalized spacial score (nSPS) is 11.9. The van der Waals surface area contributed by atoms with Crippen LogP contribution in [0.1, 0.15) is 95.3 Å². The molecule has 95 heavy (non-hydrogen) atoms. The summed E-state index contributed by atoms with van der Waals surface area (Å²) in [5.74, 6) is -7.04. The van der Waals surface area contributed by atoms with Crippen molar-refractivity contribution in [1.29, 1.82) is 0 Å². The summed E-state index contributed by atoms with van der Waals surface area (Å²) in [6.07, 6.45) is 3.19. The van der Waals surface area contributed by atoms with Crippen LogP contribution in [0.25, 0.3) is 0 Å². The fourth-order valence-corrected chi connectivity index (χ4v) is 8.80. The fraction of sp³-hybridized carbons (Fsp3) is 0.276. The molecule has 0 saturated carbocycles. The Morgan fingerprint density at radius 3 is 1.21 bits per heavy atom. The molecular weight excluding hydrogens is 1260 g/mol. The van der Waals surface area contributed by atoms with Gasteiger partial charge in [0.25, 0.3) is 34.1 Å². The van der Waals surface area contributed by atoms with Gasteiger partial charge >= 0.3 is 35.8 Å². The molecule has 6 aromatic carbocycles. The number of carboxylic acids is 6. The number of nitro groups is 6. The highest BCUT2D eigenvalue weighted by atomic mass is 16.6. The Morgan fingerprint density at radius 1 is 0.463 bits per heavy atom. The van der Waals surface area contributed by atoms with Gasteiger partial charge in [-0.2, -0.15) is 0 Å². The SMILES string of the molecule is CCN(CC)c1ccc(C(=O)O)cc1[N+](=O)[O-].CN(C)c1ccc([N+](=O)[O-])cc1C(=O)O.CNc1ccc(C(=O)O)cc1[N+](=O)[O-].Nc1ccc(C(=O)O)cc1[N+](=O)[O-].O=C(O)c1cc([N+](=O)[O-])ccc1N1CCCCC1.O=C(O)c1cc([N+](=O)[O-])ccc1N1CCOCC1. The number of nitrogens with zero attached hydrogens (tertiary/aromatic N) is 10. The minimum absolute atomic E-state index is 0.00565. The lowest BCUT2D eigenvalue weighted by atomic mass is 10.1. The zero-order valence-electron chi connectivity index (χ0n) is 51.2. The molecule has 0 bridgehead atoms. The quantitative estimate of drug-likeness (QED) is 0.0213. The monoisotopic (exact) mass is 1330 g/mol. The molecule has 0 amide bonds. The second kappa shape index (κ2) is 36.2. The van der Waals surface area contributed by atoms with E-state index in [1.807, 2.05) is 28.5 Å². The molecule has 0 atom stereocenters. The maximum absolute atomic E-state index is 11.2. The first-order valence-electron chi connectivity index (χ1n) is 27.7. The van der Waals surface area contributed by atoms with Crippen LogP contribution in [0.2, 0.25) is 0 Å². The number of benzene rings is 6. The van der Waals surface area contributed by atoms with Crippen LogP contribution in [0.3, 0.4) is 0 Å². The number of non-ortho nitro benzene ring substituents is 3. The van der Waals surface area contributed by atoms with E-state index in [0.29, 0.717) is 67.8 Å². The van der Waals surface area contributed by atoms with E-state index in [9.17, 15) is 89.5 Å². The molecule has 2 aliphatic rings. The molecule has 0 aliphatic carbocycles. The predicted molar refractivity (Wildman–Crippen MR) is 341 cm³/mol. The molecule has 2 fully saturated rings. The van der Waals surface area contributed by atoms with Crippen LogP contribution in [0.5, 0.6) is 0 Å². The Hall–Kier alpha value is -12.7. The van der Waals surface area contributed by atoms with E-state index in [2.05, 4.69) is 5.32 Å². The molecule has 37 heteroatoms. The zero-order chi connectivity index (χ0) is 71.6. The van der Waals surface area contributed by atoms with Gasteiger partial charge in [-0.05, 0) is 87.7 Å². The number of nitro benzene ring substituents is 6. The molecule has 0 aromatic heterocycles. The lowest BCUT2D eigenvalue weighted by Crippen LogP contribution is -2.37. The van der Waals surface area contributed by atoms with Gasteiger partial charge in [0.15, 0.2) is 0 Å².